The number of nitrogens with zero attached hydrogens (tertiary/aromatic N) is 2. The molecular weight excluding hydrogens is 206 g/mol. The van der Waals surface area contributed by atoms with E-state index in [0.717, 1.165) is 0 Å². The second-order valence-electron chi connectivity index (χ2n) is 5.22. The SMILES string of the molecule is CC(C)C(N)c1noc(COC(C)(C)C)n1. The Hall–Kier alpha value is -0.940. The van der Waals surface area contributed by atoms with Crippen LogP contribution in [0.3, 0.4) is 0 Å². The molecule has 92 valence electrons. The van der Waals surface area contributed by atoms with Crippen LogP contribution in [0.2, 0.25) is 0 Å². The third-order valence-corrected chi connectivity index (χ3v) is 2.13. The van der Waals surface area contributed by atoms with E-state index in [0.29, 0.717) is 18.3 Å². The van der Waals surface area contributed by atoms with Crippen molar-refractivity contribution >= 4 is 0 Å². The van der Waals surface area contributed by atoms with Crippen molar-refractivity contribution in [1.82, 2.24) is 10.1 Å². The normalized spacial score (nSPS) is 14.4. The Kier molecular flexibility index (Phi) is 4.04. The number of nitrogens with two attached hydrogens (primary N) is 1. The Balaban J connectivity index is 2.58. The second-order valence-corrected chi connectivity index (χ2v) is 5.22. The Morgan fingerprint density at radius 3 is 2.50 bits per heavy atom. The summed E-state index contributed by atoms with van der Waals surface area (Å²) in [6.07, 6.45) is 0. The smallest absolute Gasteiger partial charge is 0.252 e. The first-order valence-electron chi connectivity index (χ1n) is 5.51. The zero-order valence-electron chi connectivity index (χ0n) is 10.7. The zero-order valence-corrected chi connectivity index (χ0v) is 10.7. The highest BCUT2D eigenvalue weighted by Crippen LogP contribution is 2.16. The van der Waals surface area contributed by atoms with E-state index in [-0.39, 0.29) is 17.6 Å². The predicted molar refractivity (Wildman–Crippen MR) is 60.6 cm³/mol. The van der Waals surface area contributed by atoms with E-state index < -0.39 is 0 Å². The first kappa shape index (κ1) is 13.1. The van der Waals surface area contributed by atoms with Crippen LogP contribution in [-0.4, -0.2) is 15.7 Å². The van der Waals surface area contributed by atoms with Gasteiger partial charge < -0.3 is 15.0 Å². The maximum atomic E-state index is 5.91. The van der Waals surface area contributed by atoms with Crippen LogP contribution in [0.1, 0.15) is 52.4 Å². The third-order valence-electron chi connectivity index (χ3n) is 2.13. The third kappa shape index (κ3) is 3.90. The minimum absolute atomic E-state index is 0.188. The van der Waals surface area contributed by atoms with Crippen LogP contribution in [0.15, 0.2) is 4.52 Å². The highest BCUT2D eigenvalue weighted by atomic mass is 16.5. The molecule has 1 aromatic heterocycles. The molecule has 1 atom stereocenters. The van der Waals surface area contributed by atoms with Crippen molar-refractivity contribution in [3.63, 3.8) is 0 Å². The fourth-order valence-corrected chi connectivity index (χ4v) is 1.04. The zero-order chi connectivity index (χ0) is 12.3. The molecule has 1 rings (SSSR count). The van der Waals surface area contributed by atoms with Gasteiger partial charge in [0.05, 0.1) is 11.6 Å². The molecule has 0 aromatic carbocycles. The molecule has 0 fully saturated rings. The maximum Gasteiger partial charge on any atom is 0.252 e. The standard InChI is InChI=1S/C11H21N3O2/c1-7(2)9(12)10-13-8(16-14-10)6-15-11(3,4)5/h7,9H,6,12H2,1-5H3. The van der Waals surface area contributed by atoms with Crippen molar-refractivity contribution in [1.29, 1.82) is 0 Å². The summed E-state index contributed by atoms with van der Waals surface area (Å²) < 4.78 is 10.6. The average molecular weight is 227 g/mol. The predicted octanol–water partition coefficient (Wildman–Crippen LogP) is 2.04. The van der Waals surface area contributed by atoms with Crippen molar-refractivity contribution in [2.75, 3.05) is 0 Å². The Labute approximate surface area is 96.4 Å². The molecule has 16 heavy (non-hydrogen) atoms. The molecule has 0 aliphatic carbocycles. The summed E-state index contributed by atoms with van der Waals surface area (Å²) in [6.45, 7) is 10.3. The number of ether oxygens (including phenoxy) is 1. The highest BCUT2D eigenvalue weighted by molar-refractivity contribution is 4.93. The second kappa shape index (κ2) is 4.93. The molecule has 5 nitrogen and oxygen atoms in total. The fourth-order valence-electron chi connectivity index (χ4n) is 1.04. The minimum Gasteiger partial charge on any atom is -0.366 e. The molecule has 0 bridgehead atoms. The molecular formula is C11H21N3O2. The van der Waals surface area contributed by atoms with Gasteiger partial charge in [0.25, 0.3) is 5.89 Å². The fraction of sp³-hybridized carbons (Fsp3) is 0.818. The Morgan fingerprint density at radius 1 is 1.38 bits per heavy atom. The van der Waals surface area contributed by atoms with E-state index in [2.05, 4.69) is 10.1 Å². The van der Waals surface area contributed by atoms with Gasteiger partial charge in [-0.25, -0.2) is 0 Å². The maximum absolute atomic E-state index is 5.91. The molecule has 5 heteroatoms. The van der Waals surface area contributed by atoms with E-state index in [1.807, 2.05) is 34.6 Å². The van der Waals surface area contributed by atoms with Gasteiger partial charge in [-0.1, -0.05) is 19.0 Å². The van der Waals surface area contributed by atoms with Gasteiger partial charge in [0.2, 0.25) is 0 Å². The topological polar surface area (TPSA) is 74.2 Å². The number of hydrogen-bond acceptors (Lipinski definition) is 5. The highest BCUT2D eigenvalue weighted by Gasteiger charge is 2.18. The number of rotatable bonds is 4. The number of hydrogen-bond donors (Lipinski definition) is 1. The summed E-state index contributed by atoms with van der Waals surface area (Å²) in [6, 6.07) is -0.188. The summed E-state index contributed by atoms with van der Waals surface area (Å²) >= 11 is 0. The molecule has 2 N–H and O–H groups in total. The molecule has 0 radical (unpaired) electrons. The molecule has 1 heterocycles. The van der Waals surface area contributed by atoms with E-state index in [4.69, 9.17) is 15.0 Å². The van der Waals surface area contributed by atoms with Crippen molar-refractivity contribution < 1.29 is 9.26 Å². The molecule has 0 saturated heterocycles. The van der Waals surface area contributed by atoms with Crippen LogP contribution in [-0.2, 0) is 11.3 Å². The Morgan fingerprint density at radius 2 is 2.00 bits per heavy atom. The lowest BCUT2D eigenvalue weighted by Gasteiger charge is -2.17. The summed E-state index contributed by atoms with van der Waals surface area (Å²) in [5, 5.41) is 3.85. The lowest BCUT2D eigenvalue weighted by atomic mass is 10.1. The summed E-state index contributed by atoms with van der Waals surface area (Å²) in [7, 11) is 0. The first-order valence-corrected chi connectivity index (χ1v) is 5.51. The van der Waals surface area contributed by atoms with Crippen molar-refractivity contribution in [3.8, 4) is 0 Å². The van der Waals surface area contributed by atoms with E-state index in [9.17, 15) is 0 Å². The molecule has 1 aromatic rings. The Bertz CT molecular complexity index is 328. The van der Waals surface area contributed by atoms with Gasteiger partial charge in [0.15, 0.2) is 5.82 Å². The van der Waals surface area contributed by atoms with Gasteiger partial charge in [-0.05, 0) is 26.7 Å². The van der Waals surface area contributed by atoms with Gasteiger partial charge in [-0.15, -0.1) is 0 Å². The van der Waals surface area contributed by atoms with Crippen LogP contribution >= 0.6 is 0 Å². The van der Waals surface area contributed by atoms with Crippen LogP contribution < -0.4 is 5.73 Å². The van der Waals surface area contributed by atoms with E-state index in [1.165, 1.54) is 0 Å². The first-order chi connectivity index (χ1) is 7.29. The van der Waals surface area contributed by atoms with Crippen LogP contribution in [0.4, 0.5) is 0 Å². The molecule has 0 aliphatic rings. The quantitative estimate of drug-likeness (QED) is 0.852. The number of aromatic nitrogens is 2. The summed E-state index contributed by atoms with van der Waals surface area (Å²) in [5.41, 5.74) is 5.69. The summed E-state index contributed by atoms with van der Waals surface area (Å²) in [4.78, 5) is 4.21. The molecule has 0 aliphatic heterocycles. The lowest BCUT2D eigenvalue weighted by Crippen LogP contribution is -2.19. The van der Waals surface area contributed by atoms with Crippen LogP contribution in [0.5, 0.6) is 0 Å². The average Bonchev–Trinajstić information content (AvgIpc) is 2.60. The van der Waals surface area contributed by atoms with Gasteiger partial charge >= 0.3 is 0 Å². The van der Waals surface area contributed by atoms with Crippen molar-refractivity contribution in [2.24, 2.45) is 11.7 Å². The van der Waals surface area contributed by atoms with Crippen LogP contribution in [0.25, 0.3) is 0 Å². The summed E-state index contributed by atoms with van der Waals surface area (Å²) in [5.74, 6) is 1.30. The van der Waals surface area contributed by atoms with Gasteiger partial charge in [0.1, 0.15) is 6.61 Å². The molecule has 0 saturated carbocycles. The monoisotopic (exact) mass is 227 g/mol. The molecule has 0 amide bonds. The van der Waals surface area contributed by atoms with Crippen molar-refractivity contribution in [3.05, 3.63) is 11.7 Å². The minimum atomic E-state index is -0.213. The van der Waals surface area contributed by atoms with Gasteiger partial charge in [0, 0.05) is 0 Å². The van der Waals surface area contributed by atoms with E-state index >= 15 is 0 Å². The van der Waals surface area contributed by atoms with Gasteiger partial charge in [-0.2, -0.15) is 4.98 Å². The van der Waals surface area contributed by atoms with Crippen molar-refractivity contribution in [2.45, 2.75) is 52.9 Å². The molecule has 1 unspecified atom stereocenters. The molecule has 0 spiro atoms. The van der Waals surface area contributed by atoms with Gasteiger partial charge in [-0.3, -0.25) is 0 Å². The van der Waals surface area contributed by atoms with Crippen LogP contribution in [0, 0.1) is 5.92 Å². The largest absolute Gasteiger partial charge is 0.366 e. The lowest BCUT2D eigenvalue weighted by molar-refractivity contribution is -0.0260. The van der Waals surface area contributed by atoms with E-state index in [1.54, 1.807) is 0 Å².